The highest BCUT2D eigenvalue weighted by Crippen LogP contribution is 2.23. The van der Waals surface area contributed by atoms with Crippen LogP contribution in [0.4, 0.5) is 4.39 Å². The van der Waals surface area contributed by atoms with E-state index in [0.717, 1.165) is 32.2 Å². The second-order valence-corrected chi connectivity index (χ2v) is 9.09. The molecule has 3 aliphatic rings. The van der Waals surface area contributed by atoms with Crippen LogP contribution in [0.15, 0.2) is 0 Å². The van der Waals surface area contributed by atoms with Gasteiger partial charge in [0.05, 0.1) is 31.9 Å². The predicted molar refractivity (Wildman–Crippen MR) is 118 cm³/mol. The molecule has 10 heteroatoms. The van der Waals surface area contributed by atoms with Crippen molar-refractivity contribution in [3.05, 3.63) is 0 Å². The number of nitrogens with one attached hydrogen (secondary N) is 3. The number of amides is 2. The van der Waals surface area contributed by atoms with Gasteiger partial charge in [0.15, 0.2) is 0 Å². The third kappa shape index (κ3) is 8.55. The van der Waals surface area contributed by atoms with Gasteiger partial charge in [-0.3, -0.25) is 20.3 Å². The first-order chi connectivity index (χ1) is 15.5. The fourth-order valence-corrected chi connectivity index (χ4v) is 4.40. The van der Waals surface area contributed by atoms with E-state index in [2.05, 4.69) is 16.1 Å². The van der Waals surface area contributed by atoms with Crippen LogP contribution >= 0.6 is 0 Å². The number of hydrogen-bond acceptors (Lipinski definition) is 7. The van der Waals surface area contributed by atoms with Crippen LogP contribution in [-0.4, -0.2) is 99.3 Å². The largest absolute Gasteiger partial charge is 0.375 e. The molecule has 32 heavy (non-hydrogen) atoms. The number of rotatable bonds is 11. The Morgan fingerprint density at radius 2 is 1.94 bits per heavy atom. The molecule has 3 fully saturated rings. The quantitative estimate of drug-likeness (QED) is 0.417. The van der Waals surface area contributed by atoms with E-state index in [-0.39, 0.29) is 49.8 Å². The summed E-state index contributed by atoms with van der Waals surface area (Å²) >= 11 is 0. The number of halogens is 1. The van der Waals surface area contributed by atoms with Crippen LogP contribution in [0.5, 0.6) is 0 Å². The Kier molecular flexibility index (Phi) is 10.6. The van der Waals surface area contributed by atoms with Crippen LogP contribution in [0.1, 0.15) is 51.4 Å². The third-order valence-corrected chi connectivity index (χ3v) is 6.41. The molecule has 0 spiro atoms. The van der Waals surface area contributed by atoms with Crippen LogP contribution in [0, 0.1) is 0 Å². The SMILES string of the molecule is CN(CCOC1CCCCN1)C(=O)CN1CC(NC(=O)CCOC2CCCCC2F)CN1. The van der Waals surface area contributed by atoms with Crippen LogP contribution in [-0.2, 0) is 19.1 Å². The lowest BCUT2D eigenvalue weighted by Gasteiger charge is -2.26. The summed E-state index contributed by atoms with van der Waals surface area (Å²) in [5.41, 5.74) is 3.17. The highest BCUT2D eigenvalue weighted by molar-refractivity contribution is 5.78. The van der Waals surface area contributed by atoms with E-state index in [9.17, 15) is 14.0 Å². The second kappa shape index (κ2) is 13.4. The molecule has 0 aromatic rings. The van der Waals surface area contributed by atoms with Gasteiger partial charge in [-0.15, -0.1) is 0 Å². The van der Waals surface area contributed by atoms with Crippen molar-refractivity contribution in [1.82, 2.24) is 26.0 Å². The van der Waals surface area contributed by atoms with Crippen molar-refractivity contribution < 1.29 is 23.5 Å². The molecule has 3 rings (SSSR count). The number of alkyl halides is 1. The molecule has 0 aromatic heterocycles. The van der Waals surface area contributed by atoms with Crippen molar-refractivity contribution in [2.45, 2.75) is 75.9 Å². The summed E-state index contributed by atoms with van der Waals surface area (Å²) in [5, 5.41) is 8.12. The first kappa shape index (κ1) is 25.3. The Morgan fingerprint density at radius 3 is 2.72 bits per heavy atom. The minimum absolute atomic E-state index is 0.00587. The maximum absolute atomic E-state index is 13.8. The Bertz CT molecular complexity index is 593. The Balaban J connectivity index is 1.24. The van der Waals surface area contributed by atoms with Crippen molar-refractivity contribution >= 4 is 11.8 Å². The molecule has 2 aliphatic heterocycles. The molecule has 4 unspecified atom stereocenters. The predicted octanol–water partition coefficient (Wildman–Crippen LogP) is 0.553. The normalized spacial score (nSPS) is 29.1. The van der Waals surface area contributed by atoms with E-state index in [1.165, 1.54) is 12.8 Å². The molecule has 2 heterocycles. The fraction of sp³-hybridized carbons (Fsp3) is 0.909. The van der Waals surface area contributed by atoms with E-state index in [1.807, 2.05) is 5.01 Å². The zero-order valence-electron chi connectivity index (χ0n) is 19.3. The molecule has 2 amide bonds. The Hall–Kier alpha value is -1.33. The van der Waals surface area contributed by atoms with Gasteiger partial charge < -0.3 is 19.7 Å². The zero-order valence-corrected chi connectivity index (χ0v) is 19.3. The number of likely N-dealkylation sites (N-methyl/N-ethyl adjacent to an activating group) is 1. The molecule has 2 saturated heterocycles. The molecule has 4 atom stereocenters. The van der Waals surface area contributed by atoms with E-state index >= 15 is 0 Å². The van der Waals surface area contributed by atoms with E-state index in [1.54, 1.807) is 11.9 Å². The average Bonchev–Trinajstić information content (AvgIpc) is 3.22. The molecule has 1 saturated carbocycles. The molecule has 3 N–H and O–H groups in total. The van der Waals surface area contributed by atoms with Gasteiger partial charge in [-0.1, -0.05) is 12.8 Å². The fourth-order valence-electron chi connectivity index (χ4n) is 4.40. The summed E-state index contributed by atoms with van der Waals surface area (Å²) in [6.07, 6.45) is 5.61. The van der Waals surface area contributed by atoms with Gasteiger partial charge in [0, 0.05) is 33.1 Å². The van der Waals surface area contributed by atoms with Crippen LogP contribution in [0.3, 0.4) is 0 Å². The molecule has 184 valence electrons. The number of hydrogen-bond donors (Lipinski definition) is 3. The Morgan fingerprint density at radius 1 is 1.12 bits per heavy atom. The molecule has 0 aromatic carbocycles. The van der Waals surface area contributed by atoms with Crippen molar-refractivity contribution in [3.63, 3.8) is 0 Å². The number of carbonyl (C=O) groups excluding carboxylic acids is 2. The number of carbonyl (C=O) groups is 2. The lowest BCUT2D eigenvalue weighted by atomic mass is 9.96. The summed E-state index contributed by atoms with van der Waals surface area (Å²) in [7, 11) is 1.78. The molecule has 9 nitrogen and oxygen atoms in total. The second-order valence-electron chi connectivity index (χ2n) is 9.09. The molecule has 0 bridgehead atoms. The number of hydrazine groups is 1. The summed E-state index contributed by atoms with van der Waals surface area (Å²) in [6.45, 7) is 3.67. The first-order valence-corrected chi connectivity index (χ1v) is 12.1. The minimum atomic E-state index is -0.912. The van der Waals surface area contributed by atoms with E-state index in [0.29, 0.717) is 32.7 Å². The summed E-state index contributed by atoms with van der Waals surface area (Å²) in [5.74, 6) is -0.104. The average molecular weight is 458 g/mol. The summed E-state index contributed by atoms with van der Waals surface area (Å²) in [4.78, 5) is 26.3. The first-order valence-electron chi connectivity index (χ1n) is 12.1. The maximum atomic E-state index is 13.8. The third-order valence-electron chi connectivity index (χ3n) is 6.41. The molecule has 1 aliphatic carbocycles. The van der Waals surface area contributed by atoms with Crippen molar-refractivity contribution in [3.8, 4) is 0 Å². The number of ether oxygens (including phenoxy) is 2. The number of nitrogens with zero attached hydrogens (tertiary/aromatic N) is 2. The molecular weight excluding hydrogens is 417 g/mol. The van der Waals surface area contributed by atoms with Gasteiger partial charge in [0.25, 0.3) is 0 Å². The van der Waals surface area contributed by atoms with Crippen LogP contribution in [0.25, 0.3) is 0 Å². The lowest BCUT2D eigenvalue weighted by molar-refractivity contribution is -0.132. The van der Waals surface area contributed by atoms with Gasteiger partial charge in [0.1, 0.15) is 12.4 Å². The van der Waals surface area contributed by atoms with E-state index in [4.69, 9.17) is 9.47 Å². The van der Waals surface area contributed by atoms with Gasteiger partial charge in [-0.2, -0.15) is 0 Å². The van der Waals surface area contributed by atoms with Crippen LogP contribution < -0.4 is 16.1 Å². The highest BCUT2D eigenvalue weighted by atomic mass is 19.1. The highest BCUT2D eigenvalue weighted by Gasteiger charge is 2.27. The minimum Gasteiger partial charge on any atom is -0.375 e. The summed E-state index contributed by atoms with van der Waals surface area (Å²) < 4.78 is 25.2. The standard InChI is InChI=1S/C22H40FN5O4/c1-27(11-13-32-21-8-4-5-10-24-21)22(30)16-28-15-17(14-25-28)26-20(29)9-12-31-19-7-3-2-6-18(19)23/h17-19,21,24-25H,2-16H2,1H3,(H,26,29). The maximum Gasteiger partial charge on any atom is 0.238 e. The molecular formula is C22H40FN5O4. The van der Waals surface area contributed by atoms with Crippen LogP contribution in [0.2, 0.25) is 0 Å². The van der Waals surface area contributed by atoms with Gasteiger partial charge in [0.2, 0.25) is 11.8 Å². The van der Waals surface area contributed by atoms with Crippen molar-refractivity contribution in [1.29, 1.82) is 0 Å². The summed E-state index contributed by atoms with van der Waals surface area (Å²) in [6, 6.07) is -0.0649. The monoisotopic (exact) mass is 457 g/mol. The topological polar surface area (TPSA) is 95.2 Å². The molecule has 0 radical (unpaired) electrons. The smallest absolute Gasteiger partial charge is 0.238 e. The lowest BCUT2D eigenvalue weighted by Crippen LogP contribution is -2.44. The van der Waals surface area contributed by atoms with Crippen molar-refractivity contribution in [2.24, 2.45) is 0 Å². The number of piperidine rings is 1. The van der Waals surface area contributed by atoms with Gasteiger partial charge >= 0.3 is 0 Å². The van der Waals surface area contributed by atoms with Gasteiger partial charge in [-0.25, -0.2) is 9.40 Å². The van der Waals surface area contributed by atoms with E-state index < -0.39 is 6.17 Å². The van der Waals surface area contributed by atoms with Crippen molar-refractivity contribution in [2.75, 3.05) is 53.0 Å². The zero-order chi connectivity index (χ0) is 22.8. The Labute approximate surface area is 190 Å². The van der Waals surface area contributed by atoms with Gasteiger partial charge in [-0.05, 0) is 38.6 Å².